The Balaban J connectivity index is 1.82. The van der Waals surface area contributed by atoms with Crippen molar-refractivity contribution >= 4 is 11.9 Å². The summed E-state index contributed by atoms with van der Waals surface area (Å²) < 4.78 is 12.8. The molecule has 0 spiro atoms. The second-order valence-corrected chi connectivity index (χ2v) is 20.4. The highest BCUT2D eigenvalue weighted by molar-refractivity contribution is 5.78. The zero-order chi connectivity index (χ0) is 32.4. The van der Waals surface area contributed by atoms with Crippen molar-refractivity contribution in [2.24, 2.45) is 50.2 Å². The minimum absolute atomic E-state index is 0.0104. The van der Waals surface area contributed by atoms with Crippen molar-refractivity contribution < 1.29 is 19.1 Å². The van der Waals surface area contributed by atoms with Gasteiger partial charge in [0.1, 0.15) is 11.2 Å². The predicted octanol–water partition coefficient (Wildman–Crippen LogP) is 10.6. The van der Waals surface area contributed by atoms with E-state index >= 15 is 0 Å². The number of carbonyl (C=O) groups is 2. The monoisotopic (exact) mass is 589 g/mol. The van der Waals surface area contributed by atoms with Gasteiger partial charge in [-0.3, -0.25) is 9.59 Å². The summed E-state index contributed by atoms with van der Waals surface area (Å²) in [7, 11) is 0. The molecule has 0 aromatic rings. The van der Waals surface area contributed by atoms with Crippen LogP contribution in [0.15, 0.2) is 0 Å². The molecule has 42 heavy (non-hydrogen) atoms. The molecule has 2 atom stereocenters. The second kappa shape index (κ2) is 11.1. The van der Waals surface area contributed by atoms with E-state index in [0.29, 0.717) is 0 Å². The van der Waals surface area contributed by atoms with Crippen LogP contribution in [-0.2, 0) is 19.1 Å². The largest absolute Gasteiger partial charge is 0.460 e. The molecule has 4 saturated carbocycles. The number of carbonyl (C=O) groups excluding carboxylic acids is 2. The maximum atomic E-state index is 14.5. The van der Waals surface area contributed by atoms with E-state index in [-0.39, 0.29) is 39.2 Å². The third-order valence-corrected chi connectivity index (χ3v) is 11.9. The summed E-state index contributed by atoms with van der Waals surface area (Å²) in [6.45, 7) is 32.4. The van der Waals surface area contributed by atoms with Crippen molar-refractivity contribution in [3.05, 3.63) is 0 Å². The SMILES string of the molecule is CC(C)(C)CC(C)(C(=O)OC12CC3CC(CC(C3)C1)C2)C(C)(C)CCC(C)(C)CC(C)(C(=O)OC(C)(C)C)C(C)(C)C. The van der Waals surface area contributed by atoms with E-state index in [0.717, 1.165) is 62.7 Å². The molecule has 0 N–H and O–H groups in total. The summed E-state index contributed by atoms with van der Waals surface area (Å²) in [6.07, 6.45) is 10.5. The molecule has 4 heteroatoms. The normalized spacial score (nSPS) is 29.5. The molecule has 4 aliphatic rings. The first-order valence-electron chi connectivity index (χ1n) is 17.1. The second-order valence-electron chi connectivity index (χ2n) is 20.4. The molecule has 0 saturated heterocycles. The van der Waals surface area contributed by atoms with Gasteiger partial charge in [-0.2, -0.15) is 0 Å². The van der Waals surface area contributed by atoms with E-state index < -0.39 is 16.4 Å². The Morgan fingerprint density at radius 1 is 0.619 bits per heavy atom. The first-order valence-corrected chi connectivity index (χ1v) is 17.1. The van der Waals surface area contributed by atoms with Gasteiger partial charge in [0.25, 0.3) is 0 Å². The van der Waals surface area contributed by atoms with Gasteiger partial charge in [0.2, 0.25) is 0 Å². The Morgan fingerprint density at radius 3 is 1.45 bits per heavy atom. The standard InChI is InChI=1S/C38H68O4/c1-31(2,3)24-37(15,30(40)42-38-21-26-18-27(22-38)20-28(19-26)23-38)35(12,13)17-16-34(10,11)25-36(14,32(4,5)6)29(39)41-33(7,8)9/h26-28H,16-25H2,1-15H3. The van der Waals surface area contributed by atoms with Crippen molar-refractivity contribution in [3.63, 3.8) is 0 Å². The van der Waals surface area contributed by atoms with Crippen LogP contribution in [-0.4, -0.2) is 23.1 Å². The van der Waals surface area contributed by atoms with Gasteiger partial charge in [0.05, 0.1) is 10.8 Å². The number of esters is 2. The lowest BCUT2D eigenvalue weighted by Gasteiger charge is -2.57. The fourth-order valence-electron chi connectivity index (χ4n) is 9.12. The lowest BCUT2D eigenvalue weighted by Crippen LogP contribution is -2.56. The fraction of sp³-hybridized carbons (Fsp3) is 0.947. The van der Waals surface area contributed by atoms with Gasteiger partial charge < -0.3 is 9.47 Å². The number of ether oxygens (including phenoxy) is 2. The van der Waals surface area contributed by atoms with Gasteiger partial charge in [0, 0.05) is 0 Å². The van der Waals surface area contributed by atoms with Gasteiger partial charge >= 0.3 is 11.9 Å². The van der Waals surface area contributed by atoms with E-state index in [9.17, 15) is 9.59 Å². The highest BCUT2D eigenvalue weighted by Crippen LogP contribution is 2.59. The first kappa shape index (κ1) is 35.4. The molecule has 244 valence electrons. The van der Waals surface area contributed by atoms with Crippen LogP contribution in [0.4, 0.5) is 0 Å². The molecular formula is C38H68O4. The van der Waals surface area contributed by atoms with E-state index in [1.807, 2.05) is 20.8 Å². The van der Waals surface area contributed by atoms with Crippen LogP contribution >= 0.6 is 0 Å². The Morgan fingerprint density at radius 2 is 1.07 bits per heavy atom. The molecule has 0 aliphatic heterocycles. The summed E-state index contributed by atoms with van der Waals surface area (Å²) >= 11 is 0. The molecule has 0 heterocycles. The predicted molar refractivity (Wildman–Crippen MR) is 174 cm³/mol. The quantitative estimate of drug-likeness (QED) is 0.238. The highest BCUT2D eigenvalue weighted by Gasteiger charge is 2.57. The molecular weight excluding hydrogens is 520 g/mol. The van der Waals surface area contributed by atoms with E-state index in [4.69, 9.17) is 9.47 Å². The smallest absolute Gasteiger partial charge is 0.312 e. The van der Waals surface area contributed by atoms with E-state index in [1.165, 1.54) is 19.3 Å². The van der Waals surface area contributed by atoms with Crippen LogP contribution in [0.1, 0.15) is 168 Å². The zero-order valence-corrected chi connectivity index (χ0v) is 30.4. The lowest BCUT2D eigenvalue weighted by atomic mass is 9.53. The number of hydrogen-bond donors (Lipinski definition) is 0. The average molecular weight is 589 g/mol. The maximum absolute atomic E-state index is 14.5. The zero-order valence-electron chi connectivity index (χ0n) is 30.4. The molecule has 2 unspecified atom stereocenters. The Bertz CT molecular complexity index is 962. The molecule has 4 rings (SSSR count). The third kappa shape index (κ3) is 7.77. The minimum Gasteiger partial charge on any atom is -0.460 e. The van der Waals surface area contributed by atoms with E-state index in [1.54, 1.807) is 0 Å². The van der Waals surface area contributed by atoms with Crippen LogP contribution in [0.25, 0.3) is 0 Å². The summed E-state index contributed by atoms with van der Waals surface area (Å²) in [5.41, 5.74) is -2.68. The Kier molecular flexibility index (Phi) is 9.34. The van der Waals surface area contributed by atoms with Gasteiger partial charge in [-0.15, -0.1) is 0 Å². The van der Waals surface area contributed by atoms with Crippen LogP contribution in [0, 0.1) is 50.2 Å². The Labute approximate surface area is 260 Å². The van der Waals surface area contributed by atoms with Gasteiger partial charge in [0.15, 0.2) is 0 Å². The number of hydrogen-bond acceptors (Lipinski definition) is 4. The highest BCUT2D eigenvalue weighted by atomic mass is 16.6. The summed E-state index contributed by atoms with van der Waals surface area (Å²) in [6, 6.07) is 0. The van der Waals surface area contributed by atoms with Crippen molar-refractivity contribution in [1.29, 1.82) is 0 Å². The van der Waals surface area contributed by atoms with E-state index in [2.05, 4.69) is 83.1 Å². The third-order valence-electron chi connectivity index (χ3n) is 11.9. The lowest BCUT2D eigenvalue weighted by molar-refractivity contribution is -0.205. The van der Waals surface area contributed by atoms with Gasteiger partial charge in [-0.05, 0) is 138 Å². The average Bonchev–Trinajstić information content (AvgIpc) is 2.73. The molecule has 4 bridgehead atoms. The molecule has 0 amide bonds. The minimum atomic E-state index is -0.639. The van der Waals surface area contributed by atoms with Crippen molar-refractivity contribution in [2.45, 2.75) is 179 Å². The maximum Gasteiger partial charge on any atom is 0.312 e. The van der Waals surface area contributed by atoms with Crippen molar-refractivity contribution in [1.82, 2.24) is 0 Å². The molecule has 4 aliphatic carbocycles. The summed E-state index contributed by atoms with van der Waals surface area (Å²) in [5.74, 6) is 2.14. The fourth-order valence-corrected chi connectivity index (χ4v) is 9.12. The number of rotatable bonds is 10. The van der Waals surface area contributed by atoms with Crippen LogP contribution in [0.2, 0.25) is 0 Å². The van der Waals surface area contributed by atoms with Crippen LogP contribution in [0.5, 0.6) is 0 Å². The molecule has 0 radical (unpaired) electrons. The molecule has 4 nitrogen and oxygen atoms in total. The van der Waals surface area contributed by atoms with Crippen molar-refractivity contribution in [3.8, 4) is 0 Å². The van der Waals surface area contributed by atoms with Gasteiger partial charge in [-0.1, -0.05) is 69.2 Å². The van der Waals surface area contributed by atoms with Crippen molar-refractivity contribution in [2.75, 3.05) is 0 Å². The van der Waals surface area contributed by atoms with Crippen LogP contribution < -0.4 is 0 Å². The summed E-state index contributed by atoms with van der Waals surface area (Å²) in [5, 5.41) is 0. The Hall–Kier alpha value is -1.06. The van der Waals surface area contributed by atoms with Gasteiger partial charge in [-0.25, -0.2) is 0 Å². The molecule has 4 fully saturated rings. The topological polar surface area (TPSA) is 52.6 Å². The summed E-state index contributed by atoms with van der Waals surface area (Å²) in [4.78, 5) is 28.1. The molecule has 0 aromatic heterocycles. The first-order chi connectivity index (χ1) is 18.6. The van der Waals surface area contributed by atoms with Crippen LogP contribution in [0.3, 0.4) is 0 Å². The molecule has 0 aromatic carbocycles.